The third-order valence-electron chi connectivity index (χ3n) is 1.66. The molecule has 0 spiro atoms. The van der Waals surface area contributed by atoms with Crippen LogP contribution in [0.1, 0.15) is 25.7 Å². The van der Waals surface area contributed by atoms with Gasteiger partial charge in [0.05, 0.1) is 5.75 Å². The highest BCUT2D eigenvalue weighted by Gasteiger charge is 2.12. The van der Waals surface area contributed by atoms with Gasteiger partial charge >= 0.3 is 6.01 Å². The van der Waals surface area contributed by atoms with Gasteiger partial charge < -0.3 is 16.0 Å². The number of anilines is 1. The van der Waals surface area contributed by atoms with E-state index in [0.29, 0.717) is 5.89 Å². The lowest BCUT2D eigenvalue weighted by Crippen LogP contribution is -2.18. The molecule has 1 aromatic rings. The van der Waals surface area contributed by atoms with Crippen molar-refractivity contribution < 1.29 is 9.21 Å². The van der Waals surface area contributed by atoms with Crippen LogP contribution in [0.2, 0.25) is 0 Å². The first kappa shape index (κ1) is 13.3. The van der Waals surface area contributed by atoms with E-state index in [-0.39, 0.29) is 28.8 Å². The Morgan fingerprint density at radius 1 is 1.59 bits per heavy atom. The number of nitrogens with two attached hydrogens (primary N) is 2. The number of carbonyl (C=O) groups excluding carboxylic acids is 1. The number of hydrogen-bond acceptors (Lipinski definition) is 7. The van der Waals surface area contributed by atoms with Crippen molar-refractivity contribution in [2.45, 2.75) is 19.8 Å². The summed E-state index contributed by atoms with van der Waals surface area (Å²) >= 11 is 1.02. The number of nitrogens with zero attached hydrogens (tertiary/aromatic N) is 3. The van der Waals surface area contributed by atoms with Crippen molar-refractivity contribution in [2.24, 2.45) is 16.7 Å². The molecule has 94 valence electrons. The van der Waals surface area contributed by atoms with E-state index in [2.05, 4.69) is 20.6 Å². The summed E-state index contributed by atoms with van der Waals surface area (Å²) in [6, 6.07) is 0.0718. The van der Waals surface area contributed by atoms with Gasteiger partial charge in [-0.3, -0.25) is 10.1 Å². The summed E-state index contributed by atoms with van der Waals surface area (Å²) in [5.41, 5.74) is 5.32. The van der Waals surface area contributed by atoms with Gasteiger partial charge in [-0.05, 0) is 0 Å². The van der Waals surface area contributed by atoms with Gasteiger partial charge in [0.2, 0.25) is 11.8 Å². The van der Waals surface area contributed by atoms with E-state index in [9.17, 15) is 4.79 Å². The smallest absolute Gasteiger partial charge is 0.322 e. The Morgan fingerprint density at radius 3 is 2.82 bits per heavy atom. The second kappa shape index (κ2) is 6.09. The van der Waals surface area contributed by atoms with Crippen LogP contribution in [-0.4, -0.2) is 27.0 Å². The van der Waals surface area contributed by atoms with E-state index in [4.69, 9.17) is 16.0 Å². The van der Waals surface area contributed by atoms with Crippen LogP contribution in [-0.2, 0) is 4.79 Å². The number of hydrogen-bond donors (Lipinski definition) is 3. The quantitative estimate of drug-likeness (QED) is 0.301. The minimum atomic E-state index is -0.319. The lowest BCUT2D eigenvalue weighted by Gasteiger charge is -1.99. The van der Waals surface area contributed by atoms with Crippen LogP contribution in [0.3, 0.4) is 0 Å². The minimum absolute atomic E-state index is 0.0718. The van der Waals surface area contributed by atoms with Crippen LogP contribution in [0.5, 0.6) is 0 Å². The van der Waals surface area contributed by atoms with Crippen LogP contribution in [0.25, 0.3) is 0 Å². The average molecular weight is 258 g/mol. The van der Waals surface area contributed by atoms with Crippen molar-refractivity contribution in [3.63, 3.8) is 0 Å². The molecule has 0 aliphatic carbocycles. The number of amidine groups is 1. The van der Waals surface area contributed by atoms with Crippen molar-refractivity contribution in [1.82, 2.24) is 10.2 Å². The van der Waals surface area contributed by atoms with Crippen molar-refractivity contribution in [3.05, 3.63) is 5.89 Å². The first-order chi connectivity index (χ1) is 8.02. The van der Waals surface area contributed by atoms with E-state index < -0.39 is 0 Å². The van der Waals surface area contributed by atoms with Crippen LogP contribution < -0.4 is 16.9 Å². The van der Waals surface area contributed by atoms with Gasteiger partial charge in [-0.25, -0.2) is 0 Å². The number of hydrazone groups is 1. The third-order valence-corrected chi connectivity index (χ3v) is 2.47. The predicted octanol–water partition coefficient (Wildman–Crippen LogP) is 0.0531. The number of rotatable bonds is 4. The molecule has 0 aliphatic heterocycles. The second-order valence-electron chi connectivity index (χ2n) is 3.40. The summed E-state index contributed by atoms with van der Waals surface area (Å²) in [6.07, 6.45) is 0. The first-order valence-electron chi connectivity index (χ1n) is 4.82. The van der Waals surface area contributed by atoms with Gasteiger partial charge in [0.15, 0.2) is 5.17 Å². The number of thioether (sulfide) groups is 1. The van der Waals surface area contributed by atoms with Gasteiger partial charge in [-0.15, -0.1) is 5.10 Å². The summed E-state index contributed by atoms with van der Waals surface area (Å²) in [5, 5.41) is 13.3. The topological polar surface area (TPSA) is 132 Å². The average Bonchev–Trinajstić information content (AvgIpc) is 2.74. The van der Waals surface area contributed by atoms with E-state index in [1.54, 1.807) is 0 Å². The highest BCUT2D eigenvalue weighted by Crippen LogP contribution is 2.14. The zero-order valence-corrected chi connectivity index (χ0v) is 10.3. The molecule has 5 N–H and O–H groups in total. The lowest BCUT2D eigenvalue weighted by atomic mass is 10.2. The molecule has 0 radical (unpaired) electrons. The Morgan fingerprint density at radius 2 is 2.29 bits per heavy atom. The molecule has 0 aromatic carbocycles. The zero-order chi connectivity index (χ0) is 12.8. The molecule has 1 amide bonds. The second-order valence-corrected chi connectivity index (χ2v) is 4.40. The number of amides is 1. The van der Waals surface area contributed by atoms with Crippen LogP contribution >= 0.6 is 11.8 Å². The summed E-state index contributed by atoms with van der Waals surface area (Å²) < 4.78 is 5.20. The van der Waals surface area contributed by atoms with E-state index in [1.807, 2.05) is 13.8 Å². The number of nitrogens with one attached hydrogen (secondary N) is 1. The first-order valence-corrected chi connectivity index (χ1v) is 5.81. The summed E-state index contributed by atoms with van der Waals surface area (Å²) in [5.74, 6) is 5.26. The standard InChI is InChI=1S/C8H14N6O2S/c1-4(2)6-13-14-8(16-6)11-5(15)3-17-7(9)12-10/h4H,3,10H2,1-2H3,(H2,9,12)(H,11,14,15). The van der Waals surface area contributed by atoms with Crippen LogP contribution in [0.4, 0.5) is 6.01 Å². The molecule has 0 aliphatic rings. The summed E-state index contributed by atoms with van der Waals surface area (Å²) in [4.78, 5) is 11.4. The fourth-order valence-corrected chi connectivity index (χ4v) is 1.28. The van der Waals surface area contributed by atoms with Gasteiger partial charge in [-0.2, -0.15) is 5.10 Å². The lowest BCUT2D eigenvalue weighted by molar-refractivity contribution is -0.113. The molecular formula is C8H14N6O2S. The monoisotopic (exact) mass is 258 g/mol. The number of carbonyl (C=O) groups is 1. The SMILES string of the molecule is CC(C)c1nnc(NC(=O)CSC(N)=NN)o1. The van der Waals surface area contributed by atoms with Crippen molar-refractivity contribution in [2.75, 3.05) is 11.1 Å². The van der Waals surface area contributed by atoms with Crippen LogP contribution in [0, 0.1) is 0 Å². The van der Waals surface area contributed by atoms with Crippen molar-refractivity contribution in [1.29, 1.82) is 0 Å². The van der Waals surface area contributed by atoms with Crippen molar-refractivity contribution in [3.8, 4) is 0 Å². The minimum Gasteiger partial charge on any atom is -0.408 e. The van der Waals surface area contributed by atoms with E-state index >= 15 is 0 Å². The fraction of sp³-hybridized carbons (Fsp3) is 0.500. The molecular weight excluding hydrogens is 244 g/mol. The molecule has 9 heteroatoms. The predicted molar refractivity (Wildman–Crippen MR) is 65.3 cm³/mol. The molecule has 0 atom stereocenters. The molecule has 0 saturated carbocycles. The maximum absolute atomic E-state index is 11.4. The molecule has 1 rings (SSSR count). The highest BCUT2D eigenvalue weighted by molar-refractivity contribution is 8.14. The molecule has 0 fully saturated rings. The maximum Gasteiger partial charge on any atom is 0.322 e. The Labute approximate surface area is 102 Å². The normalized spacial score (nSPS) is 11.8. The van der Waals surface area contributed by atoms with Gasteiger partial charge in [-0.1, -0.05) is 30.7 Å². The van der Waals surface area contributed by atoms with E-state index in [0.717, 1.165) is 11.8 Å². The molecule has 1 heterocycles. The summed E-state index contributed by atoms with van der Waals surface area (Å²) in [6.45, 7) is 3.82. The highest BCUT2D eigenvalue weighted by atomic mass is 32.2. The Bertz CT molecular complexity index is 416. The molecule has 17 heavy (non-hydrogen) atoms. The zero-order valence-electron chi connectivity index (χ0n) is 9.51. The molecule has 8 nitrogen and oxygen atoms in total. The van der Waals surface area contributed by atoms with Crippen molar-refractivity contribution >= 4 is 28.9 Å². The fourth-order valence-electron chi connectivity index (χ4n) is 0.851. The molecule has 1 aromatic heterocycles. The van der Waals surface area contributed by atoms with Gasteiger partial charge in [0.25, 0.3) is 0 Å². The maximum atomic E-state index is 11.4. The molecule has 0 bridgehead atoms. The Kier molecular flexibility index (Phi) is 4.76. The van der Waals surface area contributed by atoms with Gasteiger partial charge in [0.1, 0.15) is 0 Å². The summed E-state index contributed by atoms with van der Waals surface area (Å²) in [7, 11) is 0. The van der Waals surface area contributed by atoms with Crippen LogP contribution in [0.15, 0.2) is 9.52 Å². The Balaban J connectivity index is 2.45. The largest absolute Gasteiger partial charge is 0.408 e. The van der Waals surface area contributed by atoms with Gasteiger partial charge in [0, 0.05) is 5.92 Å². The van der Waals surface area contributed by atoms with E-state index in [1.165, 1.54) is 0 Å². The molecule has 0 saturated heterocycles. The third kappa shape index (κ3) is 4.31. The molecule has 0 unspecified atom stereocenters. The number of aromatic nitrogens is 2. The Hall–Kier alpha value is -1.77.